The predicted octanol–water partition coefficient (Wildman–Crippen LogP) is 11.6. The number of hydrogen-bond donors (Lipinski definition) is 0. The van der Waals surface area contributed by atoms with Gasteiger partial charge in [0, 0.05) is 44.5 Å². The van der Waals surface area contributed by atoms with Gasteiger partial charge in [0.25, 0.3) is 0 Å². The fourth-order valence-corrected chi connectivity index (χ4v) is 3.75. The Kier molecular flexibility index (Phi) is 27.6. The van der Waals surface area contributed by atoms with Crippen molar-refractivity contribution < 1.29 is 14.2 Å². The Morgan fingerprint density at radius 3 is 1.47 bits per heavy atom. The van der Waals surface area contributed by atoms with E-state index in [1.54, 1.807) is 13.3 Å². The molecular weight excluding hydrogens is 532 g/mol. The van der Waals surface area contributed by atoms with Gasteiger partial charge in [-0.05, 0) is 79.9 Å². The minimum Gasteiger partial charge on any atom is -0.481 e. The maximum Gasteiger partial charge on any atom is 0.212 e. The third-order valence-electron chi connectivity index (χ3n) is 6.36. The van der Waals surface area contributed by atoms with Crippen LogP contribution in [0.2, 0.25) is 0 Å². The van der Waals surface area contributed by atoms with E-state index in [2.05, 4.69) is 99.1 Å². The van der Waals surface area contributed by atoms with E-state index in [0.29, 0.717) is 11.3 Å². The van der Waals surface area contributed by atoms with Crippen LogP contribution in [0.1, 0.15) is 144 Å². The van der Waals surface area contributed by atoms with Crippen LogP contribution >= 0.6 is 0 Å². The number of aromatic nitrogens is 2. The molecule has 43 heavy (non-hydrogen) atoms. The van der Waals surface area contributed by atoms with E-state index in [-0.39, 0.29) is 46.1 Å². The van der Waals surface area contributed by atoms with E-state index in [9.17, 15) is 0 Å². The Morgan fingerprint density at radius 1 is 0.744 bits per heavy atom. The molecule has 1 aliphatic rings. The topological polar surface area (TPSA) is 53.5 Å². The summed E-state index contributed by atoms with van der Waals surface area (Å²) in [6, 6.07) is 8.01. The summed E-state index contributed by atoms with van der Waals surface area (Å²) >= 11 is 0. The Balaban J connectivity index is -0.000000147. The molecule has 0 aliphatic carbocycles. The van der Waals surface area contributed by atoms with Gasteiger partial charge < -0.3 is 14.2 Å². The van der Waals surface area contributed by atoms with Gasteiger partial charge in [-0.1, -0.05) is 104 Å². The smallest absolute Gasteiger partial charge is 0.212 e. The quantitative estimate of drug-likeness (QED) is 0.339. The van der Waals surface area contributed by atoms with Crippen molar-refractivity contribution in [2.75, 3.05) is 26.9 Å². The molecule has 0 spiro atoms. The second kappa shape index (κ2) is 23.4. The summed E-state index contributed by atoms with van der Waals surface area (Å²) in [7, 11) is 1.62. The first-order valence-corrected chi connectivity index (χ1v) is 14.4. The van der Waals surface area contributed by atoms with Crippen molar-refractivity contribution in [2.45, 2.75) is 149 Å². The zero-order valence-corrected chi connectivity index (χ0v) is 27.8. The molecule has 1 aliphatic heterocycles. The minimum atomic E-state index is 0. The van der Waals surface area contributed by atoms with Gasteiger partial charge in [0.1, 0.15) is 0 Å². The van der Waals surface area contributed by atoms with Crippen molar-refractivity contribution in [1.29, 1.82) is 0 Å². The summed E-state index contributed by atoms with van der Waals surface area (Å²) in [5.41, 5.74) is 3.45. The molecule has 0 saturated carbocycles. The molecule has 3 rings (SSSR count). The van der Waals surface area contributed by atoms with E-state index < -0.39 is 0 Å². The minimum absolute atomic E-state index is 0. The monoisotopic (exact) mass is 609 g/mol. The van der Waals surface area contributed by atoms with E-state index >= 15 is 0 Å². The molecule has 0 aromatic carbocycles. The molecule has 256 valence electrons. The van der Waals surface area contributed by atoms with Gasteiger partial charge >= 0.3 is 0 Å². The molecule has 5 nitrogen and oxygen atoms in total. The summed E-state index contributed by atoms with van der Waals surface area (Å²) in [4.78, 5) is 8.19. The number of rotatable bonds is 2. The predicted molar refractivity (Wildman–Crippen MR) is 194 cm³/mol. The molecular formula is C38H76N2O3. The van der Waals surface area contributed by atoms with Gasteiger partial charge in [-0.25, -0.2) is 4.98 Å². The number of nitrogens with zero attached hydrogens (tertiary/aromatic N) is 2. The van der Waals surface area contributed by atoms with Crippen LogP contribution in [-0.4, -0.2) is 42.5 Å². The van der Waals surface area contributed by atoms with Gasteiger partial charge in [-0.2, -0.15) is 0 Å². The van der Waals surface area contributed by atoms with Gasteiger partial charge in [0.15, 0.2) is 0 Å². The van der Waals surface area contributed by atoms with Gasteiger partial charge in [-0.15, -0.1) is 0 Å². The Bertz CT molecular complexity index is 863. The number of pyridine rings is 2. The average Bonchev–Trinajstić information content (AvgIpc) is 2.84. The highest BCUT2D eigenvalue weighted by Gasteiger charge is 2.26. The van der Waals surface area contributed by atoms with Crippen molar-refractivity contribution in [3.8, 4) is 5.88 Å². The van der Waals surface area contributed by atoms with Crippen molar-refractivity contribution in [1.82, 2.24) is 9.97 Å². The molecule has 0 amide bonds. The average molecular weight is 609 g/mol. The Morgan fingerprint density at radius 2 is 1.23 bits per heavy atom. The molecule has 1 saturated heterocycles. The van der Waals surface area contributed by atoms with Crippen LogP contribution in [0.3, 0.4) is 0 Å². The lowest BCUT2D eigenvalue weighted by molar-refractivity contribution is 0.00531. The maximum atomic E-state index is 5.29. The fraction of sp³-hybridized carbons (Fsp3) is 0.737. The van der Waals surface area contributed by atoms with E-state index in [1.807, 2.05) is 37.5 Å². The second-order valence-electron chi connectivity index (χ2n) is 14.1. The first kappa shape index (κ1) is 50.6. The highest BCUT2D eigenvalue weighted by atomic mass is 16.5. The number of hydrogen-bond acceptors (Lipinski definition) is 5. The van der Waals surface area contributed by atoms with Crippen LogP contribution in [0.4, 0.5) is 0 Å². The van der Waals surface area contributed by atoms with E-state index in [4.69, 9.17) is 14.2 Å². The molecule has 0 unspecified atom stereocenters. The standard InChI is InChI=1S/C10H15NO.C9H13N.C9H18O.C6H14O.4CH4/c1-10(2,3)8-5-6-9(12-4)11-7-8;1-9(2,3)8-5-4-6-10-7-8;1-9(2,3)8-4-6-10-7-5-8;1-5-7-6(2,3)4;;;;/h5-7H,1-4H3;4-7H,1-3H3;8H,4-7H2,1-3H3;5H2,1-4H3;4*1H4. The van der Waals surface area contributed by atoms with Crippen molar-refractivity contribution in [3.63, 3.8) is 0 Å². The normalized spacial score (nSPS) is 13.2. The van der Waals surface area contributed by atoms with Crippen molar-refractivity contribution in [2.24, 2.45) is 11.3 Å². The second-order valence-corrected chi connectivity index (χ2v) is 14.1. The lowest BCUT2D eigenvalue weighted by Gasteiger charge is -2.33. The van der Waals surface area contributed by atoms with Crippen LogP contribution in [-0.2, 0) is 20.3 Å². The van der Waals surface area contributed by atoms with Crippen LogP contribution < -0.4 is 4.74 Å². The lowest BCUT2D eigenvalue weighted by Crippen LogP contribution is -2.27. The van der Waals surface area contributed by atoms with Crippen molar-refractivity contribution in [3.05, 3.63) is 54.0 Å². The fourth-order valence-electron chi connectivity index (χ4n) is 3.75. The molecule has 0 radical (unpaired) electrons. The molecule has 5 heteroatoms. The van der Waals surface area contributed by atoms with E-state index in [0.717, 1.165) is 25.7 Å². The van der Waals surface area contributed by atoms with Gasteiger partial charge in [0.05, 0.1) is 12.7 Å². The molecule has 0 N–H and O–H groups in total. The maximum absolute atomic E-state index is 5.29. The molecule has 1 fully saturated rings. The molecule has 0 bridgehead atoms. The summed E-state index contributed by atoms with van der Waals surface area (Å²) < 4.78 is 15.5. The van der Waals surface area contributed by atoms with Crippen LogP contribution in [0.15, 0.2) is 42.9 Å². The van der Waals surface area contributed by atoms with Crippen LogP contribution in [0, 0.1) is 11.3 Å². The highest BCUT2D eigenvalue weighted by molar-refractivity contribution is 5.23. The molecule has 3 heterocycles. The summed E-state index contributed by atoms with van der Waals surface area (Å²) in [6.45, 7) is 30.9. The number of methoxy groups -OCH3 is 1. The molecule has 0 atom stereocenters. The highest BCUT2D eigenvalue weighted by Crippen LogP contribution is 2.33. The summed E-state index contributed by atoms with van der Waals surface area (Å²) in [5, 5.41) is 0. The zero-order chi connectivity index (χ0) is 30.3. The zero-order valence-electron chi connectivity index (χ0n) is 27.8. The molecule has 2 aromatic rings. The molecule has 2 aromatic heterocycles. The largest absolute Gasteiger partial charge is 0.481 e. The van der Waals surface area contributed by atoms with Gasteiger partial charge in [0.2, 0.25) is 5.88 Å². The van der Waals surface area contributed by atoms with Gasteiger partial charge in [-0.3, -0.25) is 4.98 Å². The first-order valence-electron chi connectivity index (χ1n) is 14.4. The summed E-state index contributed by atoms with van der Waals surface area (Å²) in [5.74, 6) is 1.55. The third-order valence-corrected chi connectivity index (χ3v) is 6.36. The Labute approximate surface area is 271 Å². The third kappa shape index (κ3) is 25.1. The Hall–Kier alpha value is -1.98. The first-order chi connectivity index (χ1) is 17.8. The van der Waals surface area contributed by atoms with Crippen LogP contribution in [0.25, 0.3) is 0 Å². The lowest BCUT2D eigenvalue weighted by atomic mass is 9.76. The number of ether oxygens (including phenoxy) is 3. The summed E-state index contributed by atoms with van der Waals surface area (Å²) in [6.07, 6.45) is 8.08. The van der Waals surface area contributed by atoms with Crippen LogP contribution in [0.5, 0.6) is 5.88 Å². The van der Waals surface area contributed by atoms with E-state index in [1.165, 1.54) is 24.0 Å². The van der Waals surface area contributed by atoms with Crippen molar-refractivity contribution >= 4 is 0 Å². The SMILES string of the molecule is C.C.C.C.CC(C)(C)C1CCOCC1.CC(C)(C)c1cccnc1.CCOC(C)(C)C.COc1ccc(C(C)(C)C)cn1.